The first-order valence-corrected chi connectivity index (χ1v) is 10.2. The molecule has 1 aromatic carbocycles. The van der Waals surface area contributed by atoms with E-state index in [-0.39, 0.29) is 28.2 Å². The second kappa shape index (κ2) is 6.54. The number of ether oxygens (including phenoxy) is 2. The molecule has 0 bridgehead atoms. The number of Topliss-reactive ketones (excluding diaryl/α,β-unsaturated/α-hetero) is 3. The molecule has 0 N–H and O–H groups in total. The first kappa shape index (κ1) is 19.9. The lowest BCUT2D eigenvalue weighted by Crippen LogP contribution is -2.44. The number of hydrogen-bond acceptors (Lipinski definition) is 5. The molecular formula is C24H28O5. The van der Waals surface area contributed by atoms with Crippen LogP contribution in [0, 0.1) is 16.7 Å². The van der Waals surface area contributed by atoms with Gasteiger partial charge in [-0.2, -0.15) is 0 Å². The zero-order chi connectivity index (χ0) is 21.1. The highest BCUT2D eigenvalue weighted by molar-refractivity contribution is 6.09. The molecule has 3 aliphatic rings. The number of carbonyl (C=O) groups excluding carboxylic acids is 3. The van der Waals surface area contributed by atoms with E-state index in [2.05, 4.69) is 0 Å². The van der Waals surface area contributed by atoms with E-state index in [1.165, 1.54) is 0 Å². The van der Waals surface area contributed by atoms with Crippen molar-refractivity contribution < 1.29 is 23.9 Å². The quantitative estimate of drug-likeness (QED) is 0.694. The van der Waals surface area contributed by atoms with Gasteiger partial charge in [-0.05, 0) is 29.0 Å². The van der Waals surface area contributed by atoms with Gasteiger partial charge in [-0.15, -0.1) is 0 Å². The molecule has 5 nitrogen and oxygen atoms in total. The van der Waals surface area contributed by atoms with E-state index in [9.17, 15) is 14.4 Å². The number of benzene rings is 1. The smallest absolute Gasteiger partial charge is 0.163 e. The lowest BCUT2D eigenvalue weighted by Gasteiger charge is -2.42. The molecule has 1 unspecified atom stereocenters. The first-order chi connectivity index (χ1) is 13.5. The lowest BCUT2D eigenvalue weighted by molar-refractivity contribution is -0.140. The van der Waals surface area contributed by atoms with E-state index in [1.54, 1.807) is 25.3 Å². The fraction of sp³-hybridized carbons (Fsp3) is 0.542. The molecule has 0 spiro atoms. The van der Waals surface area contributed by atoms with Crippen molar-refractivity contribution in [1.29, 1.82) is 0 Å². The summed E-state index contributed by atoms with van der Waals surface area (Å²) < 4.78 is 11.5. The maximum atomic E-state index is 13.2. The molecule has 2 aliphatic carbocycles. The van der Waals surface area contributed by atoms with Gasteiger partial charge in [-0.1, -0.05) is 27.7 Å². The molecule has 1 aromatic rings. The van der Waals surface area contributed by atoms with Crippen LogP contribution in [0.2, 0.25) is 0 Å². The Morgan fingerprint density at radius 3 is 2.14 bits per heavy atom. The van der Waals surface area contributed by atoms with Gasteiger partial charge in [0.15, 0.2) is 5.78 Å². The zero-order valence-electron chi connectivity index (χ0n) is 17.8. The van der Waals surface area contributed by atoms with E-state index >= 15 is 0 Å². The van der Waals surface area contributed by atoms with Gasteiger partial charge < -0.3 is 9.47 Å². The Bertz CT molecular complexity index is 930. The lowest BCUT2D eigenvalue weighted by atomic mass is 9.62. The second-order valence-electron chi connectivity index (χ2n) is 10.2. The Hall–Kier alpha value is -2.43. The molecule has 1 saturated carbocycles. The van der Waals surface area contributed by atoms with Gasteiger partial charge in [0.25, 0.3) is 0 Å². The van der Waals surface area contributed by atoms with E-state index in [4.69, 9.17) is 9.47 Å². The summed E-state index contributed by atoms with van der Waals surface area (Å²) in [4.78, 5) is 39.5. The number of carbonyl (C=O) groups is 3. The molecule has 0 saturated heterocycles. The fourth-order valence-electron chi connectivity index (χ4n) is 5.12. The van der Waals surface area contributed by atoms with Crippen molar-refractivity contribution >= 4 is 17.3 Å². The number of methoxy groups -OCH3 is 1. The largest absolute Gasteiger partial charge is 0.497 e. The minimum atomic E-state index is -0.840. The summed E-state index contributed by atoms with van der Waals surface area (Å²) in [6, 6.07) is 5.40. The summed E-state index contributed by atoms with van der Waals surface area (Å²) in [6.45, 7) is 7.96. The third-order valence-corrected chi connectivity index (χ3v) is 6.31. The molecular weight excluding hydrogens is 368 g/mol. The van der Waals surface area contributed by atoms with Crippen molar-refractivity contribution in [2.24, 2.45) is 16.7 Å². The molecule has 1 aliphatic heterocycles. The van der Waals surface area contributed by atoms with Crippen LogP contribution in [0.1, 0.15) is 64.9 Å². The van der Waals surface area contributed by atoms with Gasteiger partial charge in [-0.3, -0.25) is 14.4 Å². The first-order valence-electron chi connectivity index (χ1n) is 10.2. The van der Waals surface area contributed by atoms with Crippen LogP contribution >= 0.6 is 0 Å². The molecule has 0 radical (unpaired) electrons. The van der Waals surface area contributed by atoms with Gasteiger partial charge in [0.05, 0.1) is 13.0 Å². The van der Waals surface area contributed by atoms with E-state index in [1.807, 2.05) is 27.7 Å². The van der Waals surface area contributed by atoms with E-state index < -0.39 is 11.8 Å². The summed E-state index contributed by atoms with van der Waals surface area (Å²) in [5, 5.41) is 0. The number of ketones is 3. The van der Waals surface area contributed by atoms with Crippen LogP contribution in [0.4, 0.5) is 0 Å². The number of allylic oxidation sites excluding steroid dienone is 2. The van der Waals surface area contributed by atoms with Crippen LogP contribution in [-0.4, -0.2) is 24.5 Å². The molecule has 1 fully saturated rings. The predicted molar refractivity (Wildman–Crippen MR) is 108 cm³/mol. The maximum absolute atomic E-state index is 13.2. The van der Waals surface area contributed by atoms with Crippen molar-refractivity contribution in [3.05, 3.63) is 35.1 Å². The number of fused-ring (bicyclic) bond motifs is 1. The SMILES string of the molecule is COc1ccc2c(c1)C(C1C(=O)CC(C)(C)CC1=O)C1=C(CC(C)(C)CC1=O)O2. The van der Waals surface area contributed by atoms with Crippen molar-refractivity contribution in [3.8, 4) is 11.5 Å². The summed E-state index contributed by atoms with van der Waals surface area (Å²) in [7, 11) is 1.57. The van der Waals surface area contributed by atoms with Crippen molar-refractivity contribution in [2.75, 3.05) is 7.11 Å². The Morgan fingerprint density at radius 1 is 0.897 bits per heavy atom. The summed E-state index contributed by atoms with van der Waals surface area (Å²) in [5.41, 5.74) is 0.648. The minimum absolute atomic E-state index is 0.0276. The number of hydrogen-bond donors (Lipinski definition) is 0. The molecule has 1 atom stereocenters. The highest BCUT2D eigenvalue weighted by atomic mass is 16.5. The normalized spacial score (nSPS) is 26.0. The second-order valence-corrected chi connectivity index (χ2v) is 10.2. The Kier molecular flexibility index (Phi) is 4.48. The molecule has 29 heavy (non-hydrogen) atoms. The van der Waals surface area contributed by atoms with Gasteiger partial charge in [0, 0.05) is 42.7 Å². The molecule has 0 amide bonds. The summed E-state index contributed by atoms with van der Waals surface area (Å²) >= 11 is 0. The summed E-state index contributed by atoms with van der Waals surface area (Å²) in [6.07, 6.45) is 1.66. The monoisotopic (exact) mass is 396 g/mol. The summed E-state index contributed by atoms with van der Waals surface area (Å²) in [5.74, 6) is 0.190. The molecule has 4 rings (SSSR count). The van der Waals surface area contributed by atoms with Crippen molar-refractivity contribution in [2.45, 2.75) is 59.3 Å². The molecule has 1 heterocycles. The molecule has 5 heteroatoms. The zero-order valence-corrected chi connectivity index (χ0v) is 17.8. The third-order valence-electron chi connectivity index (χ3n) is 6.31. The Labute approximate surface area is 171 Å². The maximum Gasteiger partial charge on any atom is 0.163 e. The minimum Gasteiger partial charge on any atom is -0.497 e. The highest BCUT2D eigenvalue weighted by Crippen LogP contribution is 2.53. The van der Waals surface area contributed by atoms with Crippen molar-refractivity contribution in [1.82, 2.24) is 0 Å². The van der Waals surface area contributed by atoms with Crippen LogP contribution in [0.5, 0.6) is 11.5 Å². The Morgan fingerprint density at radius 2 is 1.52 bits per heavy atom. The highest BCUT2D eigenvalue weighted by Gasteiger charge is 2.51. The average Bonchev–Trinajstić information content (AvgIpc) is 2.57. The third kappa shape index (κ3) is 3.41. The fourth-order valence-corrected chi connectivity index (χ4v) is 5.12. The predicted octanol–water partition coefficient (Wildman–Crippen LogP) is 4.39. The molecule has 0 aromatic heterocycles. The van der Waals surface area contributed by atoms with Gasteiger partial charge in [0.2, 0.25) is 0 Å². The average molecular weight is 396 g/mol. The topological polar surface area (TPSA) is 69.7 Å². The van der Waals surface area contributed by atoms with Gasteiger partial charge >= 0.3 is 0 Å². The van der Waals surface area contributed by atoms with Gasteiger partial charge in [0.1, 0.15) is 28.8 Å². The van der Waals surface area contributed by atoms with Crippen molar-refractivity contribution in [3.63, 3.8) is 0 Å². The van der Waals surface area contributed by atoms with Crippen LogP contribution in [0.25, 0.3) is 0 Å². The van der Waals surface area contributed by atoms with Crippen LogP contribution in [0.3, 0.4) is 0 Å². The van der Waals surface area contributed by atoms with Crippen LogP contribution in [-0.2, 0) is 14.4 Å². The van der Waals surface area contributed by atoms with Gasteiger partial charge in [-0.25, -0.2) is 0 Å². The van der Waals surface area contributed by atoms with Crippen LogP contribution < -0.4 is 9.47 Å². The van der Waals surface area contributed by atoms with Crippen LogP contribution in [0.15, 0.2) is 29.5 Å². The van der Waals surface area contributed by atoms with E-state index in [0.717, 1.165) is 0 Å². The molecule has 154 valence electrons. The number of rotatable bonds is 2. The standard InChI is InChI=1S/C24H28O5/c1-23(2)9-15(25)21(16(26)10-23)20-14-8-13(28-5)6-7-18(14)29-19-12-24(3,4)11-17(27)22(19)20/h6-8,20-21H,9-12H2,1-5H3. The van der Waals surface area contributed by atoms with E-state index in [0.29, 0.717) is 54.1 Å². The Balaban J connectivity index is 1.89.